The van der Waals surface area contributed by atoms with E-state index in [1.54, 1.807) is 0 Å². The van der Waals surface area contributed by atoms with Gasteiger partial charge in [0.15, 0.2) is 6.10 Å². The molecule has 2 heterocycles. The summed E-state index contributed by atoms with van der Waals surface area (Å²) in [6, 6.07) is 20.7. The maximum Gasteiger partial charge on any atom is 0.253 e. The largest absolute Gasteiger partial charge is 0.362 e. The molecule has 4 nitrogen and oxygen atoms in total. The van der Waals surface area contributed by atoms with Crippen molar-refractivity contribution >= 4 is 5.91 Å². The highest BCUT2D eigenvalue weighted by atomic mass is 16.5. The van der Waals surface area contributed by atoms with Crippen LogP contribution in [-0.4, -0.2) is 35.5 Å². The molecule has 2 aliphatic heterocycles. The fourth-order valence-corrected chi connectivity index (χ4v) is 3.97. The van der Waals surface area contributed by atoms with E-state index < -0.39 is 6.10 Å². The summed E-state index contributed by atoms with van der Waals surface area (Å²) in [5.74, 6) is 0.143. The molecule has 2 aromatic carbocycles. The predicted molar refractivity (Wildman–Crippen MR) is 96.8 cm³/mol. The second-order valence-corrected chi connectivity index (χ2v) is 6.85. The van der Waals surface area contributed by atoms with Gasteiger partial charge in [-0.25, -0.2) is 0 Å². The SMILES string of the molecule is O=C1[C@@H](OCc2ccccc2)[C@H](NCc2ccccc2)[C@@H]2CCCN12. The van der Waals surface area contributed by atoms with E-state index in [0.717, 1.165) is 31.5 Å². The Morgan fingerprint density at radius 1 is 1.00 bits per heavy atom. The number of hydrogen-bond donors (Lipinski definition) is 1. The first-order valence-electron chi connectivity index (χ1n) is 9.06. The van der Waals surface area contributed by atoms with E-state index in [4.69, 9.17) is 4.74 Å². The van der Waals surface area contributed by atoms with Crippen LogP contribution in [0.5, 0.6) is 0 Å². The zero-order valence-electron chi connectivity index (χ0n) is 14.3. The lowest BCUT2D eigenvalue weighted by Gasteiger charge is -2.23. The number of rotatable bonds is 6. The molecule has 4 rings (SSSR count). The van der Waals surface area contributed by atoms with Crippen molar-refractivity contribution in [3.63, 3.8) is 0 Å². The highest BCUT2D eigenvalue weighted by Gasteiger charge is 2.50. The fraction of sp³-hybridized carbons (Fsp3) is 0.381. The van der Waals surface area contributed by atoms with Crippen molar-refractivity contribution < 1.29 is 9.53 Å². The van der Waals surface area contributed by atoms with Crippen LogP contribution in [-0.2, 0) is 22.7 Å². The molecule has 130 valence electrons. The molecule has 25 heavy (non-hydrogen) atoms. The van der Waals surface area contributed by atoms with Crippen LogP contribution in [0.2, 0.25) is 0 Å². The van der Waals surface area contributed by atoms with E-state index in [-0.39, 0.29) is 18.0 Å². The molecule has 2 fully saturated rings. The zero-order chi connectivity index (χ0) is 17.1. The summed E-state index contributed by atoms with van der Waals surface area (Å²) in [4.78, 5) is 14.8. The minimum absolute atomic E-state index is 0.0546. The summed E-state index contributed by atoms with van der Waals surface area (Å²) in [6.07, 6.45) is 1.75. The molecule has 0 radical (unpaired) electrons. The van der Waals surface area contributed by atoms with Crippen LogP contribution in [0.3, 0.4) is 0 Å². The van der Waals surface area contributed by atoms with Crippen molar-refractivity contribution in [2.75, 3.05) is 6.54 Å². The molecule has 2 aliphatic rings. The van der Waals surface area contributed by atoms with Crippen LogP contribution in [0.15, 0.2) is 60.7 Å². The minimum atomic E-state index is -0.394. The normalized spacial score (nSPS) is 25.4. The molecule has 0 bridgehead atoms. The van der Waals surface area contributed by atoms with Gasteiger partial charge in [-0.05, 0) is 24.0 Å². The fourth-order valence-electron chi connectivity index (χ4n) is 3.97. The monoisotopic (exact) mass is 336 g/mol. The highest BCUT2D eigenvalue weighted by Crippen LogP contribution is 2.31. The van der Waals surface area contributed by atoms with E-state index in [2.05, 4.69) is 17.4 Å². The molecule has 0 unspecified atom stereocenters. The Morgan fingerprint density at radius 2 is 1.68 bits per heavy atom. The molecule has 4 heteroatoms. The van der Waals surface area contributed by atoms with Crippen molar-refractivity contribution in [1.29, 1.82) is 0 Å². The Labute approximate surface area is 148 Å². The Balaban J connectivity index is 1.45. The quantitative estimate of drug-likeness (QED) is 0.882. The van der Waals surface area contributed by atoms with Crippen LogP contribution in [0, 0.1) is 0 Å². The molecular weight excluding hydrogens is 312 g/mol. The first kappa shape index (κ1) is 16.3. The number of hydrogen-bond acceptors (Lipinski definition) is 3. The molecule has 3 atom stereocenters. The number of ether oxygens (including phenoxy) is 1. The number of carbonyl (C=O) groups excluding carboxylic acids is 1. The molecular formula is C21H24N2O2. The molecule has 0 saturated carbocycles. The third-order valence-electron chi connectivity index (χ3n) is 5.22. The first-order valence-corrected chi connectivity index (χ1v) is 9.06. The van der Waals surface area contributed by atoms with Crippen LogP contribution < -0.4 is 5.32 Å². The number of carbonyl (C=O) groups is 1. The van der Waals surface area contributed by atoms with Gasteiger partial charge in [-0.2, -0.15) is 0 Å². The summed E-state index contributed by atoms with van der Waals surface area (Å²) in [5.41, 5.74) is 2.33. The van der Waals surface area contributed by atoms with Crippen LogP contribution in [0.1, 0.15) is 24.0 Å². The summed E-state index contributed by atoms with van der Waals surface area (Å²) >= 11 is 0. The number of nitrogens with one attached hydrogen (secondary N) is 1. The second kappa shape index (κ2) is 7.38. The molecule has 0 spiro atoms. The molecule has 2 aromatic rings. The summed E-state index contributed by atoms with van der Waals surface area (Å²) in [7, 11) is 0. The maximum absolute atomic E-state index is 12.8. The number of nitrogens with zero attached hydrogens (tertiary/aromatic N) is 1. The van der Waals surface area contributed by atoms with Gasteiger partial charge < -0.3 is 15.0 Å². The average Bonchev–Trinajstić information content (AvgIpc) is 3.23. The molecule has 0 aromatic heterocycles. The lowest BCUT2D eigenvalue weighted by atomic mass is 10.0. The van der Waals surface area contributed by atoms with Gasteiger partial charge in [0.2, 0.25) is 0 Å². The van der Waals surface area contributed by atoms with Crippen molar-refractivity contribution in [2.24, 2.45) is 0 Å². The van der Waals surface area contributed by atoms with Crippen LogP contribution in [0.25, 0.3) is 0 Å². The lowest BCUT2D eigenvalue weighted by molar-refractivity contribution is -0.138. The first-order chi connectivity index (χ1) is 12.3. The topological polar surface area (TPSA) is 41.6 Å². The minimum Gasteiger partial charge on any atom is -0.362 e. The Morgan fingerprint density at radius 3 is 2.40 bits per heavy atom. The number of benzene rings is 2. The molecule has 0 aliphatic carbocycles. The maximum atomic E-state index is 12.8. The van der Waals surface area contributed by atoms with E-state index >= 15 is 0 Å². The van der Waals surface area contributed by atoms with Crippen molar-refractivity contribution in [2.45, 2.75) is 44.2 Å². The van der Waals surface area contributed by atoms with E-state index in [0.29, 0.717) is 6.61 Å². The van der Waals surface area contributed by atoms with Gasteiger partial charge in [-0.1, -0.05) is 60.7 Å². The van der Waals surface area contributed by atoms with Gasteiger partial charge >= 0.3 is 0 Å². The molecule has 1 N–H and O–H groups in total. The van der Waals surface area contributed by atoms with Crippen molar-refractivity contribution in [3.05, 3.63) is 71.8 Å². The van der Waals surface area contributed by atoms with Crippen LogP contribution in [0.4, 0.5) is 0 Å². The van der Waals surface area contributed by atoms with Gasteiger partial charge in [0.25, 0.3) is 5.91 Å². The third kappa shape index (κ3) is 3.46. The smallest absolute Gasteiger partial charge is 0.253 e. The van der Waals surface area contributed by atoms with E-state index in [1.807, 2.05) is 53.4 Å². The Kier molecular flexibility index (Phi) is 4.81. The lowest BCUT2D eigenvalue weighted by Crippen LogP contribution is -2.45. The zero-order valence-corrected chi connectivity index (χ0v) is 14.3. The van der Waals surface area contributed by atoms with Gasteiger partial charge in [0.05, 0.1) is 18.7 Å². The van der Waals surface area contributed by atoms with Gasteiger partial charge in [0.1, 0.15) is 0 Å². The Hall–Kier alpha value is -2.17. The number of fused-ring (bicyclic) bond motifs is 1. The summed E-state index contributed by atoms with van der Waals surface area (Å²) in [6.45, 7) is 2.09. The van der Waals surface area contributed by atoms with E-state index in [1.165, 1.54) is 5.56 Å². The number of amides is 1. The third-order valence-corrected chi connectivity index (χ3v) is 5.22. The van der Waals surface area contributed by atoms with E-state index in [9.17, 15) is 4.79 Å². The van der Waals surface area contributed by atoms with Crippen molar-refractivity contribution in [3.8, 4) is 0 Å². The Bertz CT molecular complexity index is 704. The summed E-state index contributed by atoms with van der Waals surface area (Å²) in [5, 5.41) is 3.60. The highest BCUT2D eigenvalue weighted by molar-refractivity contribution is 5.85. The van der Waals surface area contributed by atoms with Gasteiger partial charge in [-0.3, -0.25) is 4.79 Å². The molecule has 2 saturated heterocycles. The predicted octanol–water partition coefficient (Wildman–Crippen LogP) is 2.73. The van der Waals surface area contributed by atoms with Gasteiger partial charge in [0, 0.05) is 13.1 Å². The van der Waals surface area contributed by atoms with Crippen LogP contribution >= 0.6 is 0 Å². The summed E-state index contributed by atoms with van der Waals surface area (Å²) < 4.78 is 6.08. The van der Waals surface area contributed by atoms with Crippen molar-refractivity contribution in [1.82, 2.24) is 10.2 Å². The van der Waals surface area contributed by atoms with Gasteiger partial charge in [-0.15, -0.1) is 0 Å². The second-order valence-electron chi connectivity index (χ2n) is 6.85. The average molecular weight is 336 g/mol. The standard InChI is InChI=1S/C21H24N2O2/c24-21-20(25-15-17-10-5-2-6-11-17)19(18-12-7-13-23(18)21)22-14-16-8-3-1-4-9-16/h1-6,8-11,18-20,22H,7,12-15H2/t18-,19+,20-/m0/s1. The molecule has 1 amide bonds.